The van der Waals surface area contributed by atoms with Crippen LogP contribution < -0.4 is 15.4 Å². The molecule has 3 aromatic rings. The molecule has 3 aromatic carbocycles. The van der Waals surface area contributed by atoms with Crippen molar-refractivity contribution < 1.29 is 27.5 Å². The summed E-state index contributed by atoms with van der Waals surface area (Å²) in [5.74, 6) is -3.63. The number of rotatable bonds is 7. The van der Waals surface area contributed by atoms with Gasteiger partial charge in [0.05, 0.1) is 12.7 Å². The number of ether oxygens (including phenoxy) is 1. The molecule has 0 spiro atoms. The van der Waals surface area contributed by atoms with Crippen molar-refractivity contribution in [2.45, 2.75) is 0 Å². The van der Waals surface area contributed by atoms with Crippen LogP contribution in [0.2, 0.25) is 0 Å². The molecule has 8 heteroatoms. The van der Waals surface area contributed by atoms with Crippen LogP contribution in [0.5, 0.6) is 5.75 Å². The number of halogens is 3. The molecule has 31 heavy (non-hydrogen) atoms. The van der Waals surface area contributed by atoms with E-state index in [-0.39, 0.29) is 18.7 Å². The third-order valence-electron chi connectivity index (χ3n) is 4.52. The van der Waals surface area contributed by atoms with E-state index in [0.29, 0.717) is 11.3 Å². The van der Waals surface area contributed by atoms with Gasteiger partial charge in [-0.1, -0.05) is 24.3 Å². The zero-order chi connectivity index (χ0) is 22.4. The van der Waals surface area contributed by atoms with Crippen LogP contribution in [0.25, 0.3) is 11.1 Å². The molecule has 0 unspecified atom stereocenters. The topological polar surface area (TPSA) is 67.4 Å². The molecule has 3 rings (SSSR count). The maximum atomic E-state index is 14.4. The van der Waals surface area contributed by atoms with Crippen LogP contribution in [0.3, 0.4) is 0 Å². The van der Waals surface area contributed by atoms with Gasteiger partial charge >= 0.3 is 0 Å². The van der Waals surface area contributed by atoms with Gasteiger partial charge in [0.25, 0.3) is 11.8 Å². The second kappa shape index (κ2) is 9.80. The number of amides is 2. The van der Waals surface area contributed by atoms with Gasteiger partial charge in [-0.2, -0.15) is 0 Å². The Hall–Kier alpha value is -3.81. The largest absolute Gasteiger partial charge is 0.497 e. The Morgan fingerprint density at radius 2 is 1.35 bits per heavy atom. The minimum atomic E-state index is -0.986. The first-order chi connectivity index (χ1) is 14.9. The van der Waals surface area contributed by atoms with E-state index in [0.717, 1.165) is 23.8 Å². The number of methoxy groups -OCH3 is 1. The molecule has 0 heterocycles. The monoisotopic (exact) mass is 428 g/mol. The molecule has 0 bridgehead atoms. The maximum Gasteiger partial charge on any atom is 0.257 e. The number of hydrogen-bond acceptors (Lipinski definition) is 3. The van der Waals surface area contributed by atoms with Gasteiger partial charge in [-0.3, -0.25) is 9.59 Å². The zero-order valence-corrected chi connectivity index (χ0v) is 16.5. The first-order valence-corrected chi connectivity index (χ1v) is 9.35. The highest BCUT2D eigenvalue weighted by molar-refractivity contribution is 5.96. The minimum Gasteiger partial charge on any atom is -0.497 e. The van der Waals surface area contributed by atoms with Gasteiger partial charge in [0, 0.05) is 13.1 Å². The molecule has 5 nitrogen and oxygen atoms in total. The van der Waals surface area contributed by atoms with Gasteiger partial charge in [0.1, 0.15) is 28.8 Å². The van der Waals surface area contributed by atoms with E-state index in [4.69, 9.17) is 4.74 Å². The van der Waals surface area contributed by atoms with Crippen molar-refractivity contribution in [1.29, 1.82) is 0 Å². The molecule has 2 N–H and O–H groups in total. The zero-order valence-electron chi connectivity index (χ0n) is 16.5. The molecule has 0 aliphatic heterocycles. The van der Waals surface area contributed by atoms with Crippen LogP contribution in [0.4, 0.5) is 13.2 Å². The van der Waals surface area contributed by atoms with E-state index < -0.39 is 34.8 Å². The predicted octanol–water partition coefficient (Wildman–Crippen LogP) is 3.94. The van der Waals surface area contributed by atoms with Crippen molar-refractivity contribution in [2.75, 3.05) is 20.2 Å². The lowest BCUT2D eigenvalue weighted by molar-refractivity contribution is 0.0921. The van der Waals surface area contributed by atoms with Crippen LogP contribution in [-0.2, 0) is 0 Å². The van der Waals surface area contributed by atoms with E-state index in [9.17, 15) is 22.8 Å². The summed E-state index contributed by atoms with van der Waals surface area (Å²) in [5, 5.41) is 4.76. The third kappa shape index (κ3) is 5.22. The Morgan fingerprint density at radius 1 is 0.774 bits per heavy atom. The van der Waals surface area contributed by atoms with Crippen molar-refractivity contribution in [1.82, 2.24) is 10.6 Å². The van der Waals surface area contributed by atoms with E-state index in [2.05, 4.69) is 10.6 Å². The standard InChI is InChI=1S/C23H19F3N2O3/c1-31-16-8-5-14(6-9-16)15-7-10-17(20(26)13-15)22(29)27-11-12-28-23(30)21-18(24)3-2-4-19(21)25/h2-10,13H,11-12H2,1H3,(H,27,29)(H,28,30). The SMILES string of the molecule is COc1ccc(-c2ccc(C(=O)NCCNC(=O)c3c(F)cccc3F)c(F)c2)cc1. The fraction of sp³-hybridized carbons (Fsp3) is 0.130. The molecule has 0 atom stereocenters. The summed E-state index contributed by atoms with van der Waals surface area (Å²) < 4.78 is 46.7. The van der Waals surface area contributed by atoms with Gasteiger partial charge in [0.15, 0.2) is 0 Å². The molecule has 0 aromatic heterocycles. The molecule has 0 fully saturated rings. The van der Waals surface area contributed by atoms with E-state index >= 15 is 0 Å². The van der Waals surface area contributed by atoms with Gasteiger partial charge < -0.3 is 15.4 Å². The first-order valence-electron chi connectivity index (χ1n) is 9.35. The van der Waals surface area contributed by atoms with Gasteiger partial charge in [-0.15, -0.1) is 0 Å². The number of benzene rings is 3. The Balaban J connectivity index is 1.56. The van der Waals surface area contributed by atoms with E-state index in [1.807, 2.05) is 0 Å². The highest BCUT2D eigenvalue weighted by Crippen LogP contribution is 2.24. The van der Waals surface area contributed by atoms with Crippen molar-refractivity contribution in [3.63, 3.8) is 0 Å². The summed E-state index contributed by atoms with van der Waals surface area (Å²) >= 11 is 0. The van der Waals surface area contributed by atoms with Crippen molar-refractivity contribution >= 4 is 11.8 Å². The van der Waals surface area contributed by atoms with E-state index in [1.54, 1.807) is 37.4 Å². The van der Waals surface area contributed by atoms with Crippen molar-refractivity contribution in [3.8, 4) is 16.9 Å². The average molecular weight is 428 g/mol. The lowest BCUT2D eigenvalue weighted by Gasteiger charge is -2.10. The summed E-state index contributed by atoms with van der Waals surface area (Å²) in [6, 6.07) is 14.3. The number of hydrogen-bond donors (Lipinski definition) is 2. The lowest BCUT2D eigenvalue weighted by atomic mass is 10.0. The normalized spacial score (nSPS) is 10.5. The summed E-state index contributed by atoms with van der Waals surface area (Å²) in [4.78, 5) is 24.1. The summed E-state index contributed by atoms with van der Waals surface area (Å²) in [5.41, 5.74) is 0.489. The Labute approximate surface area is 176 Å². The van der Waals surface area contributed by atoms with Crippen LogP contribution in [0, 0.1) is 17.5 Å². The molecule has 2 amide bonds. The number of carbonyl (C=O) groups excluding carboxylic acids is 2. The number of carbonyl (C=O) groups is 2. The highest BCUT2D eigenvalue weighted by Gasteiger charge is 2.17. The van der Waals surface area contributed by atoms with Crippen LogP contribution in [-0.4, -0.2) is 32.0 Å². The summed E-state index contributed by atoms with van der Waals surface area (Å²) in [6.07, 6.45) is 0. The molecular weight excluding hydrogens is 409 g/mol. The maximum absolute atomic E-state index is 14.4. The summed E-state index contributed by atoms with van der Waals surface area (Å²) in [6.45, 7) is -0.149. The van der Waals surface area contributed by atoms with Gasteiger partial charge in [-0.05, 0) is 47.5 Å². The minimum absolute atomic E-state index is 0.0552. The van der Waals surface area contributed by atoms with Gasteiger partial charge in [0.2, 0.25) is 0 Å². The molecule has 0 aliphatic rings. The second-order valence-electron chi connectivity index (χ2n) is 6.53. The Morgan fingerprint density at radius 3 is 1.94 bits per heavy atom. The molecular formula is C23H19F3N2O3. The fourth-order valence-electron chi connectivity index (χ4n) is 2.91. The Bertz CT molecular complexity index is 1080. The average Bonchev–Trinajstić information content (AvgIpc) is 2.76. The lowest BCUT2D eigenvalue weighted by Crippen LogP contribution is -2.35. The number of nitrogens with one attached hydrogen (secondary N) is 2. The first kappa shape index (κ1) is 21.9. The van der Waals surface area contributed by atoms with Crippen LogP contribution in [0.15, 0.2) is 60.7 Å². The van der Waals surface area contributed by atoms with Crippen molar-refractivity contribution in [2.24, 2.45) is 0 Å². The second-order valence-corrected chi connectivity index (χ2v) is 6.53. The molecule has 0 aliphatic carbocycles. The van der Waals surface area contributed by atoms with Crippen LogP contribution >= 0.6 is 0 Å². The quantitative estimate of drug-likeness (QED) is 0.561. The molecule has 0 radical (unpaired) electrons. The molecule has 160 valence electrons. The molecule has 0 saturated carbocycles. The summed E-state index contributed by atoms with van der Waals surface area (Å²) in [7, 11) is 1.55. The molecule has 0 saturated heterocycles. The predicted molar refractivity (Wildman–Crippen MR) is 109 cm³/mol. The fourth-order valence-corrected chi connectivity index (χ4v) is 2.91. The van der Waals surface area contributed by atoms with Gasteiger partial charge in [-0.25, -0.2) is 13.2 Å². The van der Waals surface area contributed by atoms with Crippen molar-refractivity contribution in [3.05, 3.63) is 89.2 Å². The van der Waals surface area contributed by atoms with Crippen LogP contribution in [0.1, 0.15) is 20.7 Å². The Kier molecular flexibility index (Phi) is 6.92. The highest BCUT2D eigenvalue weighted by atomic mass is 19.1. The van der Waals surface area contributed by atoms with E-state index in [1.165, 1.54) is 12.1 Å². The smallest absolute Gasteiger partial charge is 0.257 e. The third-order valence-corrected chi connectivity index (χ3v) is 4.52.